The van der Waals surface area contributed by atoms with Crippen molar-refractivity contribution in [3.05, 3.63) is 11.2 Å². The topological polar surface area (TPSA) is 79.4 Å². The van der Waals surface area contributed by atoms with Crippen LogP contribution in [0.25, 0.3) is 0 Å². The molecule has 1 aliphatic rings. The molecule has 2 N–H and O–H groups in total. The van der Waals surface area contributed by atoms with Crippen LogP contribution in [0, 0.1) is 0 Å². The van der Waals surface area contributed by atoms with Crippen LogP contribution in [0.4, 0.5) is 16.6 Å². The zero-order valence-electron chi connectivity index (χ0n) is 11.5. The van der Waals surface area contributed by atoms with E-state index in [1.54, 1.807) is 6.20 Å². The van der Waals surface area contributed by atoms with E-state index in [1.165, 1.54) is 7.11 Å². The van der Waals surface area contributed by atoms with E-state index in [0.29, 0.717) is 23.3 Å². The molecule has 1 fully saturated rings. The lowest BCUT2D eigenvalue weighted by Crippen LogP contribution is -2.37. The third-order valence-electron chi connectivity index (χ3n) is 3.06. The Hall–Kier alpha value is -1.76. The third-order valence-corrected chi connectivity index (χ3v) is 3.32. The predicted octanol–water partition coefficient (Wildman–Crippen LogP) is 1.50. The van der Waals surface area contributed by atoms with Crippen LogP contribution >= 0.6 is 11.6 Å². The van der Waals surface area contributed by atoms with Gasteiger partial charge in [-0.25, -0.2) is 9.78 Å². The minimum atomic E-state index is -0.418. The lowest BCUT2D eigenvalue weighted by atomic mass is 10.3. The summed E-state index contributed by atoms with van der Waals surface area (Å²) in [5.74, 6) is 1.24. The summed E-state index contributed by atoms with van der Waals surface area (Å²) in [5.41, 5.74) is 0. The van der Waals surface area contributed by atoms with Gasteiger partial charge in [-0.2, -0.15) is 4.98 Å². The van der Waals surface area contributed by atoms with Crippen molar-refractivity contribution < 1.29 is 9.53 Å². The molecule has 2 rings (SSSR count). The average molecular weight is 300 g/mol. The van der Waals surface area contributed by atoms with Gasteiger partial charge in [-0.15, -0.1) is 0 Å². The van der Waals surface area contributed by atoms with Gasteiger partial charge in [-0.3, -0.25) is 0 Å². The van der Waals surface area contributed by atoms with Gasteiger partial charge >= 0.3 is 6.09 Å². The third kappa shape index (κ3) is 3.41. The highest BCUT2D eigenvalue weighted by Gasteiger charge is 2.26. The first kappa shape index (κ1) is 14.6. The van der Waals surface area contributed by atoms with Gasteiger partial charge in [0, 0.05) is 19.6 Å². The van der Waals surface area contributed by atoms with Crippen molar-refractivity contribution in [2.75, 3.05) is 37.0 Å². The number of carbonyl (C=O) groups excluding carboxylic acids is 1. The van der Waals surface area contributed by atoms with Gasteiger partial charge in [0.2, 0.25) is 5.95 Å². The number of halogens is 1. The maximum Gasteiger partial charge on any atom is 0.407 e. The number of amides is 1. The molecule has 0 saturated carbocycles. The number of ether oxygens (including phenoxy) is 1. The molecule has 1 atom stereocenters. The van der Waals surface area contributed by atoms with Crippen LogP contribution < -0.4 is 15.5 Å². The molecule has 1 aromatic heterocycles. The van der Waals surface area contributed by atoms with Crippen LogP contribution in [-0.4, -0.2) is 48.8 Å². The van der Waals surface area contributed by atoms with E-state index in [9.17, 15) is 4.79 Å². The number of methoxy groups -OCH3 is 1. The number of alkyl carbamates (subject to hydrolysis) is 1. The first-order valence-corrected chi connectivity index (χ1v) is 6.87. The van der Waals surface area contributed by atoms with Crippen molar-refractivity contribution in [1.82, 2.24) is 15.3 Å². The molecule has 0 bridgehead atoms. The van der Waals surface area contributed by atoms with Crippen molar-refractivity contribution in [2.24, 2.45) is 0 Å². The van der Waals surface area contributed by atoms with E-state index in [4.69, 9.17) is 11.6 Å². The summed E-state index contributed by atoms with van der Waals surface area (Å²) in [6.45, 7) is 4.14. The molecule has 0 aliphatic carbocycles. The Labute approximate surface area is 122 Å². The first-order chi connectivity index (χ1) is 9.63. The minimum Gasteiger partial charge on any atom is -0.453 e. The van der Waals surface area contributed by atoms with Crippen LogP contribution in [0.5, 0.6) is 0 Å². The highest BCUT2D eigenvalue weighted by Crippen LogP contribution is 2.27. The van der Waals surface area contributed by atoms with Crippen LogP contribution in [-0.2, 0) is 4.74 Å². The molecule has 0 aromatic carbocycles. The molecule has 110 valence electrons. The van der Waals surface area contributed by atoms with Gasteiger partial charge in [-0.1, -0.05) is 11.6 Å². The van der Waals surface area contributed by atoms with Gasteiger partial charge in [0.05, 0.1) is 19.3 Å². The van der Waals surface area contributed by atoms with Crippen molar-refractivity contribution in [3.63, 3.8) is 0 Å². The standard InChI is InChI=1S/C12H18ClN5O2/c1-3-14-11-15-6-9(13)10(17-11)18-5-4-8(7-18)16-12(19)20-2/h6,8H,3-5,7H2,1-2H3,(H,16,19)(H,14,15,17). The normalized spacial score (nSPS) is 17.9. The van der Waals surface area contributed by atoms with Crippen LogP contribution in [0.1, 0.15) is 13.3 Å². The number of hydrogen-bond donors (Lipinski definition) is 2. The van der Waals surface area contributed by atoms with E-state index >= 15 is 0 Å². The lowest BCUT2D eigenvalue weighted by Gasteiger charge is -2.19. The van der Waals surface area contributed by atoms with E-state index in [0.717, 1.165) is 19.5 Å². The van der Waals surface area contributed by atoms with Crippen molar-refractivity contribution in [3.8, 4) is 0 Å². The van der Waals surface area contributed by atoms with E-state index in [-0.39, 0.29) is 6.04 Å². The number of nitrogens with zero attached hydrogens (tertiary/aromatic N) is 3. The van der Waals surface area contributed by atoms with Crippen molar-refractivity contribution in [1.29, 1.82) is 0 Å². The molecular weight excluding hydrogens is 282 g/mol. The molecule has 8 heteroatoms. The van der Waals surface area contributed by atoms with Crippen molar-refractivity contribution >= 4 is 29.5 Å². The molecule has 1 aromatic rings. The van der Waals surface area contributed by atoms with Gasteiger partial charge in [0.15, 0.2) is 5.82 Å². The van der Waals surface area contributed by atoms with Gasteiger partial charge in [-0.05, 0) is 13.3 Å². The summed E-state index contributed by atoms with van der Waals surface area (Å²) in [4.78, 5) is 21.8. The highest BCUT2D eigenvalue weighted by molar-refractivity contribution is 6.32. The van der Waals surface area contributed by atoms with E-state index < -0.39 is 6.09 Å². The Balaban J connectivity index is 2.05. The Morgan fingerprint density at radius 1 is 1.65 bits per heavy atom. The van der Waals surface area contributed by atoms with E-state index in [1.807, 2.05) is 11.8 Å². The second kappa shape index (κ2) is 6.60. The Kier molecular flexibility index (Phi) is 4.84. The van der Waals surface area contributed by atoms with Crippen molar-refractivity contribution in [2.45, 2.75) is 19.4 Å². The molecule has 7 nitrogen and oxygen atoms in total. The fraction of sp³-hybridized carbons (Fsp3) is 0.583. The minimum absolute atomic E-state index is 0.0380. The molecule has 1 aliphatic heterocycles. The first-order valence-electron chi connectivity index (χ1n) is 6.50. The SMILES string of the molecule is CCNc1ncc(Cl)c(N2CCC(NC(=O)OC)C2)n1. The maximum absolute atomic E-state index is 11.2. The summed E-state index contributed by atoms with van der Waals surface area (Å²) in [6, 6.07) is 0.0380. The number of carbonyl (C=O) groups is 1. The monoisotopic (exact) mass is 299 g/mol. The summed E-state index contributed by atoms with van der Waals surface area (Å²) in [5, 5.41) is 6.34. The van der Waals surface area contributed by atoms with E-state index in [2.05, 4.69) is 25.3 Å². The molecule has 2 heterocycles. The molecule has 1 saturated heterocycles. The zero-order valence-corrected chi connectivity index (χ0v) is 12.3. The largest absolute Gasteiger partial charge is 0.453 e. The fourth-order valence-corrected chi connectivity index (χ4v) is 2.33. The average Bonchev–Trinajstić information content (AvgIpc) is 2.89. The molecule has 1 amide bonds. The Bertz CT molecular complexity index is 485. The maximum atomic E-state index is 11.2. The summed E-state index contributed by atoms with van der Waals surface area (Å²) < 4.78 is 4.60. The van der Waals surface area contributed by atoms with Crippen LogP contribution in [0.15, 0.2) is 6.20 Å². The Morgan fingerprint density at radius 2 is 2.45 bits per heavy atom. The summed E-state index contributed by atoms with van der Waals surface area (Å²) in [6.07, 6.45) is 1.99. The highest BCUT2D eigenvalue weighted by atomic mass is 35.5. The van der Waals surface area contributed by atoms with Gasteiger partial charge < -0.3 is 20.3 Å². The zero-order chi connectivity index (χ0) is 14.5. The smallest absolute Gasteiger partial charge is 0.407 e. The number of aromatic nitrogens is 2. The summed E-state index contributed by atoms with van der Waals surface area (Å²) >= 11 is 6.15. The lowest BCUT2D eigenvalue weighted by molar-refractivity contribution is 0.167. The predicted molar refractivity (Wildman–Crippen MR) is 77.4 cm³/mol. The molecule has 1 unspecified atom stereocenters. The van der Waals surface area contributed by atoms with Crippen LogP contribution in [0.3, 0.4) is 0 Å². The molecule has 0 radical (unpaired) electrons. The Morgan fingerprint density at radius 3 is 3.15 bits per heavy atom. The van der Waals surface area contributed by atoms with Gasteiger partial charge in [0.25, 0.3) is 0 Å². The molecule has 0 spiro atoms. The number of nitrogens with one attached hydrogen (secondary N) is 2. The molecule has 20 heavy (non-hydrogen) atoms. The quantitative estimate of drug-likeness (QED) is 0.877. The number of hydrogen-bond acceptors (Lipinski definition) is 6. The fourth-order valence-electron chi connectivity index (χ4n) is 2.12. The second-order valence-corrected chi connectivity index (χ2v) is 4.87. The number of anilines is 2. The van der Waals surface area contributed by atoms with Gasteiger partial charge in [0.1, 0.15) is 5.02 Å². The molecular formula is C12H18ClN5O2. The van der Waals surface area contributed by atoms with Crippen LogP contribution in [0.2, 0.25) is 5.02 Å². The number of rotatable bonds is 4. The summed E-state index contributed by atoms with van der Waals surface area (Å²) in [7, 11) is 1.35. The second-order valence-electron chi connectivity index (χ2n) is 4.46.